The van der Waals surface area contributed by atoms with Gasteiger partial charge in [-0.15, -0.1) is 0 Å². The maximum absolute atomic E-state index is 12.2. The Labute approximate surface area is 132 Å². The summed E-state index contributed by atoms with van der Waals surface area (Å²) in [5.41, 5.74) is -0.145. The van der Waals surface area contributed by atoms with Crippen molar-refractivity contribution in [2.75, 3.05) is 6.61 Å². The molecule has 116 valence electrons. The fraction of sp³-hybridized carbons (Fsp3) is 0.462. The number of hydrogen-bond acceptors (Lipinski definition) is 5. The molecule has 21 heavy (non-hydrogen) atoms. The van der Waals surface area contributed by atoms with Gasteiger partial charge < -0.3 is 4.74 Å². The van der Waals surface area contributed by atoms with Crippen molar-refractivity contribution in [1.29, 1.82) is 0 Å². The van der Waals surface area contributed by atoms with Crippen molar-refractivity contribution in [3.05, 3.63) is 34.3 Å². The number of carbonyl (C=O) groups is 1. The topological polar surface area (TPSA) is 72.9 Å². The van der Waals surface area contributed by atoms with Crippen molar-refractivity contribution in [3.8, 4) is 0 Å². The van der Waals surface area contributed by atoms with Gasteiger partial charge >= 0.3 is 16.4 Å². The van der Waals surface area contributed by atoms with E-state index in [9.17, 15) is 13.2 Å². The molecule has 0 bridgehead atoms. The van der Waals surface area contributed by atoms with E-state index in [0.29, 0.717) is 9.87 Å². The van der Waals surface area contributed by atoms with E-state index in [1.165, 1.54) is 0 Å². The zero-order valence-electron chi connectivity index (χ0n) is 11.9. The average molecular weight is 378 g/mol. The van der Waals surface area contributed by atoms with E-state index in [1.807, 2.05) is 6.07 Å². The summed E-state index contributed by atoms with van der Waals surface area (Å²) in [5, 5.41) is 0. The van der Waals surface area contributed by atoms with Crippen molar-refractivity contribution < 1.29 is 22.1 Å². The molecule has 1 saturated heterocycles. The standard InChI is InChI=1S/C13H16BrNO5S/c1-13(2,3)20-12(16)15-11(8-19-21(15,17)18)9-5-4-6-10(14)7-9/h4-7,11H,8H2,1-3H3/t11-/m1/s1. The highest BCUT2D eigenvalue weighted by molar-refractivity contribution is 9.10. The van der Waals surface area contributed by atoms with Gasteiger partial charge in [-0.05, 0) is 38.5 Å². The number of amides is 1. The zero-order chi connectivity index (χ0) is 15.8. The molecule has 0 saturated carbocycles. The van der Waals surface area contributed by atoms with Gasteiger partial charge in [0.25, 0.3) is 0 Å². The fourth-order valence-corrected chi connectivity index (χ4v) is 3.45. The predicted molar refractivity (Wildman–Crippen MR) is 79.8 cm³/mol. The minimum absolute atomic E-state index is 0.127. The first-order valence-corrected chi connectivity index (χ1v) is 8.43. The summed E-state index contributed by atoms with van der Waals surface area (Å²) in [4.78, 5) is 12.2. The molecule has 0 unspecified atom stereocenters. The second-order valence-electron chi connectivity index (χ2n) is 5.59. The maximum atomic E-state index is 12.2. The van der Waals surface area contributed by atoms with Gasteiger partial charge in [0, 0.05) is 4.47 Å². The summed E-state index contributed by atoms with van der Waals surface area (Å²) in [6.07, 6.45) is -0.940. The molecule has 2 rings (SSSR count). The number of ether oxygens (including phenoxy) is 1. The second kappa shape index (κ2) is 5.58. The molecule has 0 N–H and O–H groups in total. The van der Waals surface area contributed by atoms with Crippen LogP contribution in [0.5, 0.6) is 0 Å². The molecule has 1 atom stereocenters. The normalized spacial score (nSPS) is 21.3. The Morgan fingerprint density at radius 1 is 1.43 bits per heavy atom. The van der Waals surface area contributed by atoms with E-state index < -0.39 is 28.0 Å². The monoisotopic (exact) mass is 377 g/mol. The second-order valence-corrected chi connectivity index (χ2v) is 7.99. The first kappa shape index (κ1) is 16.3. The molecule has 0 radical (unpaired) electrons. The highest BCUT2D eigenvalue weighted by Gasteiger charge is 2.45. The van der Waals surface area contributed by atoms with Crippen LogP contribution >= 0.6 is 15.9 Å². The zero-order valence-corrected chi connectivity index (χ0v) is 14.3. The molecule has 1 heterocycles. The van der Waals surface area contributed by atoms with Crippen molar-refractivity contribution in [3.63, 3.8) is 0 Å². The third-order valence-electron chi connectivity index (χ3n) is 2.71. The highest BCUT2D eigenvalue weighted by atomic mass is 79.9. The van der Waals surface area contributed by atoms with Gasteiger partial charge in [0.15, 0.2) is 0 Å². The summed E-state index contributed by atoms with van der Waals surface area (Å²) >= 11 is 3.32. The Bertz CT molecular complexity index is 653. The molecular weight excluding hydrogens is 362 g/mol. The van der Waals surface area contributed by atoms with Crippen LogP contribution in [-0.2, 0) is 19.2 Å². The van der Waals surface area contributed by atoms with Gasteiger partial charge in [0.1, 0.15) is 11.6 Å². The Morgan fingerprint density at radius 2 is 2.10 bits per heavy atom. The van der Waals surface area contributed by atoms with E-state index in [-0.39, 0.29) is 6.61 Å². The van der Waals surface area contributed by atoms with Crippen molar-refractivity contribution >= 4 is 32.3 Å². The molecule has 1 aromatic carbocycles. The van der Waals surface area contributed by atoms with Crippen LogP contribution in [0.15, 0.2) is 28.7 Å². The summed E-state index contributed by atoms with van der Waals surface area (Å²) in [7, 11) is -4.13. The van der Waals surface area contributed by atoms with Crippen LogP contribution in [0.2, 0.25) is 0 Å². The molecule has 1 aliphatic rings. The van der Waals surface area contributed by atoms with Gasteiger partial charge in [0.2, 0.25) is 0 Å². The molecule has 0 aliphatic carbocycles. The van der Waals surface area contributed by atoms with Crippen LogP contribution in [0, 0.1) is 0 Å². The molecule has 8 heteroatoms. The van der Waals surface area contributed by atoms with E-state index in [2.05, 4.69) is 15.9 Å². The van der Waals surface area contributed by atoms with Crippen LogP contribution in [0.4, 0.5) is 4.79 Å². The van der Waals surface area contributed by atoms with Crippen LogP contribution < -0.4 is 0 Å². The van der Waals surface area contributed by atoms with E-state index in [0.717, 1.165) is 4.47 Å². The van der Waals surface area contributed by atoms with Gasteiger partial charge in [-0.3, -0.25) is 4.18 Å². The number of benzene rings is 1. The lowest BCUT2D eigenvalue weighted by Crippen LogP contribution is -2.39. The number of carbonyl (C=O) groups excluding carboxylic acids is 1. The number of rotatable bonds is 1. The van der Waals surface area contributed by atoms with E-state index in [4.69, 9.17) is 8.92 Å². The average Bonchev–Trinajstić information content (AvgIpc) is 2.62. The number of halogens is 1. The summed E-state index contributed by atoms with van der Waals surface area (Å²) < 4.78 is 35.3. The lowest BCUT2D eigenvalue weighted by atomic mass is 10.1. The van der Waals surface area contributed by atoms with Crippen LogP contribution in [0.25, 0.3) is 0 Å². The van der Waals surface area contributed by atoms with Gasteiger partial charge in [-0.1, -0.05) is 28.1 Å². The largest absolute Gasteiger partial charge is 0.443 e. The Kier molecular flexibility index (Phi) is 4.32. The Balaban J connectivity index is 2.36. The predicted octanol–water partition coefficient (Wildman–Crippen LogP) is 3.00. The number of hydrogen-bond donors (Lipinski definition) is 0. The van der Waals surface area contributed by atoms with Gasteiger partial charge in [0.05, 0.1) is 6.61 Å². The Morgan fingerprint density at radius 3 is 2.67 bits per heavy atom. The van der Waals surface area contributed by atoms with Gasteiger partial charge in [-0.2, -0.15) is 12.7 Å². The molecule has 0 aromatic heterocycles. The molecule has 1 aliphatic heterocycles. The Hall–Kier alpha value is -1.12. The van der Waals surface area contributed by atoms with E-state index >= 15 is 0 Å². The fourth-order valence-electron chi connectivity index (χ4n) is 1.90. The lowest BCUT2D eigenvalue weighted by Gasteiger charge is -2.26. The van der Waals surface area contributed by atoms with Crippen molar-refractivity contribution in [2.45, 2.75) is 32.4 Å². The SMILES string of the molecule is CC(C)(C)OC(=O)N1[C@@H](c2cccc(Br)c2)COS1(=O)=O. The molecular formula is C13H16BrNO5S. The van der Waals surface area contributed by atoms with Crippen LogP contribution in [-0.4, -0.2) is 31.0 Å². The molecule has 0 spiro atoms. The van der Waals surface area contributed by atoms with Crippen molar-refractivity contribution in [2.24, 2.45) is 0 Å². The summed E-state index contributed by atoms with van der Waals surface area (Å²) in [6.45, 7) is 4.88. The summed E-state index contributed by atoms with van der Waals surface area (Å²) in [5.74, 6) is 0. The highest BCUT2D eigenvalue weighted by Crippen LogP contribution is 2.34. The molecule has 1 fully saturated rings. The minimum Gasteiger partial charge on any atom is -0.443 e. The molecule has 1 amide bonds. The summed E-state index contributed by atoms with van der Waals surface area (Å²) in [6, 6.07) is 6.31. The van der Waals surface area contributed by atoms with Crippen molar-refractivity contribution in [1.82, 2.24) is 4.31 Å². The quantitative estimate of drug-likeness (QED) is 0.751. The van der Waals surface area contributed by atoms with Crippen LogP contribution in [0.1, 0.15) is 32.4 Å². The van der Waals surface area contributed by atoms with Gasteiger partial charge in [-0.25, -0.2) is 4.79 Å². The first-order valence-electron chi connectivity index (χ1n) is 6.27. The third-order valence-corrected chi connectivity index (χ3v) is 4.52. The molecule has 1 aromatic rings. The van der Waals surface area contributed by atoms with Crippen LogP contribution in [0.3, 0.4) is 0 Å². The first-order chi connectivity index (χ1) is 9.60. The molecule has 6 nitrogen and oxygen atoms in total. The lowest BCUT2D eigenvalue weighted by molar-refractivity contribution is 0.0356. The maximum Gasteiger partial charge on any atom is 0.426 e. The third kappa shape index (κ3) is 3.75. The minimum atomic E-state index is -4.13. The number of nitrogens with zero attached hydrogens (tertiary/aromatic N) is 1. The van der Waals surface area contributed by atoms with E-state index in [1.54, 1.807) is 39.0 Å². The smallest absolute Gasteiger partial charge is 0.426 e.